The quantitative estimate of drug-likeness (QED) is 0.336. The maximum absolute atomic E-state index is 12.5. The first-order valence-electron chi connectivity index (χ1n) is 14.0. The summed E-state index contributed by atoms with van der Waals surface area (Å²) in [4.78, 5) is 34.7. The van der Waals surface area contributed by atoms with Gasteiger partial charge in [0.25, 0.3) is 0 Å². The first-order valence-corrected chi connectivity index (χ1v) is 14.0. The molecule has 4 heterocycles. The number of aromatic nitrogens is 2. The van der Waals surface area contributed by atoms with Gasteiger partial charge in [0.1, 0.15) is 18.5 Å². The molecule has 2 atom stereocenters. The third kappa shape index (κ3) is 4.95. The lowest BCUT2D eigenvalue weighted by molar-refractivity contribution is -0.128. The summed E-state index contributed by atoms with van der Waals surface area (Å²) in [5.74, 6) is 0.719. The molecule has 0 unspecified atom stereocenters. The number of amides is 1. The Balaban J connectivity index is 1.33. The number of carbonyl (C=O) groups is 1. The van der Waals surface area contributed by atoms with Crippen LogP contribution < -0.4 is 14.5 Å². The van der Waals surface area contributed by atoms with Gasteiger partial charge in [-0.1, -0.05) is 43.0 Å². The summed E-state index contributed by atoms with van der Waals surface area (Å²) in [7, 11) is 2.14. The molecule has 3 aliphatic heterocycles. The fourth-order valence-corrected chi connectivity index (χ4v) is 6.27. The monoisotopic (exact) mass is 537 g/mol. The van der Waals surface area contributed by atoms with E-state index in [2.05, 4.69) is 75.6 Å². The molecule has 0 radical (unpaired) electrons. The van der Waals surface area contributed by atoms with Crippen molar-refractivity contribution in [1.82, 2.24) is 19.8 Å². The second kappa shape index (κ2) is 11.1. The molecule has 3 aromatic rings. The van der Waals surface area contributed by atoms with Crippen LogP contribution in [-0.2, 0) is 17.9 Å². The summed E-state index contributed by atoms with van der Waals surface area (Å²) in [6.45, 7) is 16.0. The number of anilines is 2. The van der Waals surface area contributed by atoms with Crippen molar-refractivity contribution in [2.75, 3.05) is 56.2 Å². The number of likely N-dealkylation sites (tertiary alicyclic amines) is 1. The summed E-state index contributed by atoms with van der Waals surface area (Å²) in [6, 6.07) is 15.4. The van der Waals surface area contributed by atoms with Gasteiger partial charge in [-0.05, 0) is 44.0 Å². The molecule has 206 valence electrons. The summed E-state index contributed by atoms with van der Waals surface area (Å²) in [5.41, 5.74) is 3.23. The molecule has 0 bridgehead atoms. The number of hydrogen-bond acceptors (Lipinski definition) is 7. The van der Waals surface area contributed by atoms with Crippen LogP contribution in [0.4, 0.5) is 11.5 Å². The number of fused-ring (bicyclic) bond motifs is 2. The van der Waals surface area contributed by atoms with Crippen LogP contribution in [0.3, 0.4) is 0 Å². The summed E-state index contributed by atoms with van der Waals surface area (Å²) >= 11 is 0. The smallest absolute Gasteiger partial charge is 0.318 e. The Morgan fingerprint density at radius 3 is 2.75 bits per heavy atom. The number of piperazine rings is 1. The van der Waals surface area contributed by atoms with E-state index in [0.717, 1.165) is 30.0 Å². The first kappa shape index (κ1) is 26.1. The van der Waals surface area contributed by atoms with Crippen LogP contribution in [0.1, 0.15) is 24.1 Å². The summed E-state index contributed by atoms with van der Waals surface area (Å²) in [5, 5.41) is 2.42. The Labute approximate surface area is 235 Å². The van der Waals surface area contributed by atoms with E-state index >= 15 is 0 Å². The number of ether oxygens (including phenoxy) is 1. The van der Waals surface area contributed by atoms with Gasteiger partial charge in [0, 0.05) is 48.9 Å². The molecule has 0 spiro atoms. The predicted octanol–water partition coefficient (Wildman–Crippen LogP) is 3.75. The van der Waals surface area contributed by atoms with Crippen molar-refractivity contribution in [2.45, 2.75) is 38.0 Å². The van der Waals surface area contributed by atoms with Gasteiger partial charge in [0.2, 0.25) is 12.5 Å². The van der Waals surface area contributed by atoms with Crippen molar-refractivity contribution in [2.24, 2.45) is 0 Å². The van der Waals surface area contributed by atoms with Gasteiger partial charge >= 0.3 is 6.01 Å². The lowest BCUT2D eigenvalue weighted by Crippen LogP contribution is -2.56. The van der Waals surface area contributed by atoms with Gasteiger partial charge < -0.3 is 29.2 Å². The van der Waals surface area contributed by atoms with Crippen molar-refractivity contribution >= 4 is 28.2 Å². The molecule has 0 N–H and O–H groups in total. The highest BCUT2D eigenvalue weighted by Crippen LogP contribution is 2.37. The van der Waals surface area contributed by atoms with E-state index < -0.39 is 0 Å². The van der Waals surface area contributed by atoms with Gasteiger partial charge in [-0.3, -0.25) is 4.79 Å². The zero-order valence-corrected chi connectivity index (χ0v) is 23.0. The molecule has 9 heteroatoms. The highest BCUT2D eigenvalue weighted by molar-refractivity contribution is 5.94. The van der Waals surface area contributed by atoms with Crippen LogP contribution in [0.25, 0.3) is 15.6 Å². The van der Waals surface area contributed by atoms with Crippen LogP contribution in [0.15, 0.2) is 55.1 Å². The zero-order chi connectivity index (χ0) is 27.6. The number of benzene rings is 2. The third-order valence-corrected chi connectivity index (χ3v) is 8.47. The highest BCUT2D eigenvalue weighted by Gasteiger charge is 2.36. The Kier molecular flexibility index (Phi) is 7.27. The lowest BCUT2D eigenvalue weighted by atomic mass is 10.1. The SMILES string of the molecule is [C-]#[N+]C[C@H]1CN(c2nc(OC[C@@H]3CCCN3C)nc3c2CN(c2cccc4ccccc24)C3)CCN1C(=O)C=C. The van der Waals surface area contributed by atoms with Gasteiger partial charge in [0.05, 0.1) is 12.2 Å². The number of hydrogen-bond donors (Lipinski definition) is 0. The van der Waals surface area contributed by atoms with Crippen LogP contribution in [0, 0.1) is 6.57 Å². The second-order valence-corrected chi connectivity index (χ2v) is 10.9. The van der Waals surface area contributed by atoms with E-state index in [0.29, 0.717) is 51.4 Å². The Hall–Kier alpha value is -4.16. The number of carbonyl (C=O) groups excluding carboxylic acids is 1. The maximum atomic E-state index is 12.5. The highest BCUT2D eigenvalue weighted by atomic mass is 16.5. The molecule has 6 rings (SSSR count). The molecule has 2 aromatic carbocycles. The minimum atomic E-state index is -0.227. The van der Waals surface area contributed by atoms with Gasteiger partial charge in [0.15, 0.2) is 0 Å². The van der Waals surface area contributed by atoms with Crippen LogP contribution in [0.2, 0.25) is 0 Å². The number of likely N-dealkylation sites (N-methyl/N-ethyl adjacent to an activating group) is 1. The molecule has 1 amide bonds. The average molecular weight is 538 g/mol. The van der Waals surface area contributed by atoms with Crippen molar-refractivity contribution < 1.29 is 9.53 Å². The minimum absolute atomic E-state index is 0.131. The molecule has 40 heavy (non-hydrogen) atoms. The van der Waals surface area contributed by atoms with Crippen molar-refractivity contribution in [3.63, 3.8) is 0 Å². The fourth-order valence-electron chi connectivity index (χ4n) is 6.27. The predicted molar refractivity (Wildman–Crippen MR) is 156 cm³/mol. The fraction of sp³-hybridized carbons (Fsp3) is 0.419. The molecule has 3 aliphatic rings. The molecule has 2 fully saturated rings. The first-order chi connectivity index (χ1) is 19.6. The van der Waals surface area contributed by atoms with Crippen LogP contribution in [0.5, 0.6) is 6.01 Å². The summed E-state index contributed by atoms with van der Waals surface area (Å²) < 4.78 is 6.24. The number of nitrogens with zero attached hydrogens (tertiary/aromatic N) is 7. The largest absolute Gasteiger partial charge is 0.462 e. The third-order valence-electron chi connectivity index (χ3n) is 8.47. The van der Waals surface area contributed by atoms with Crippen molar-refractivity contribution in [1.29, 1.82) is 0 Å². The lowest BCUT2D eigenvalue weighted by Gasteiger charge is -2.40. The number of rotatable bonds is 7. The molecule has 9 nitrogen and oxygen atoms in total. The van der Waals surface area contributed by atoms with E-state index in [1.165, 1.54) is 29.0 Å². The van der Waals surface area contributed by atoms with Gasteiger partial charge in [-0.2, -0.15) is 9.97 Å². The second-order valence-electron chi connectivity index (χ2n) is 10.9. The zero-order valence-electron chi connectivity index (χ0n) is 23.0. The van der Waals surface area contributed by atoms with Gasteiger partial charge in [-0.15, -0.1) is 0 Å². The standard InChI is InChI=1S/C31H35N7O2/c1-4-29(39)38-16-15-36(18-24(38)17-32-2)30-26-19-37(28-13-7-10-22-9-5-6-12-25(22)28)20-27(26)33-31(34-30)40-21-23-11-8-14-35(23)3/h4-7,9-10,12-13,23-24H,1,8,11,14-21H2,3H3/t23-,24-/m0/s1. The average Bonchev–Trinajstić information content (AvgIpc) is 3.60. The molecule has 0 aliphatic carbocycles. The van der Waals surface area contributed by atoms with Crippen molar-refractivity contribution in [3.8, 4) is 6.01 Å². The molecular weight excluding hydrogens is 502 g/mol. The van der Waals surface area contributed by atoms with E-state index in [1.807, 2.05) is 0 Å². The minimum Gasteiger partial charge on any atom is -0.462 e. The Morgan fingerprint density at radius 2 is 1.95 bits per heavy atom. The van der Waals surface area contributed by atoms with E-state index in [1.54, 1.807) is 4.90 Å². The van der Waals surface area contributed by atoms with Crippen molar-refractivity contribution in [3.05, 3.63) is 77.8 Å². The van der Waals surface area contributed by atoms with Crippen LogP contribution in [-0.4, -0.2) is 84.1 Å². The van der Waals surface area contributed by atoms with E-state index in [4.69, 9.17) is 21.3 Å². The van der Waals surface area contributed by atoms with E-state index in [9.17, 15) is 4.79 Å². The van der Waals surface area contributed by atoms with Crippen LogP contribution >= 0.6 is 0 Å². The Morgan fingerprint density at radius 1 is 1.10 bits per heavy atom. The topological polar surface area (TPSA) is 69.4 Å². The van der Waals surface area contributed by atoms with E-state index in [-0.39, 0.29) is 18.5 Å². The van der Waals surface area contributed by atoms with Gasteiger partial charge in [-0.25, -0.2) is 6.57 Å². The molecule has 1 aromatic heterocycles. The maximum Gasteiger partial charge on any atom is 0.318 e. The molecule has 0 saturated carbocycles. The summed E-state index contributed by atoms with van der Waals surface area (Å²) in [6.07, 6.45) is 3.63. The molecule has 2 saturated heterocycles. The molecular formula is C31H35N7O2. The Bertz CT molecular complexity index is 1460. The normalized spacial score (nSPS) is 20.9.